The van der Waals surface area contributed by atoms with Crippen molar-refractivity contribution in [2.45, 2.75) is 90.8 Å². The van der Waals surface area contributed by atoms with Gasteiger partial charge in [0.15, 0.2) is 0 Å². The number of aliphatic hydroxyl groups excluding tert-OH is 2. The first-order valence-corrected chi connectivity index (χ1v) is 11.7. The van der Waals surface area contributed by atoms with E-state index in [0.29, 0.717) is 24.5 Å². The Morgan fingerprint density at radius 2 is 1.86 bits per heavy atom. The van der Waals surface area contributed by atoms with E-state index in [-0.39, 0.29) is 47.5 Å². The Morgan fingerprint density at radius 3 is 2.55 bits per heavy atom. The number of hydrogen-bond donors (Lipinski definition) is 3. The zero-order chi connectivity index (χ0) is 21.1. The molecule has 5 heteroatoms. The summed E-state index contributed by atoms with van der Waals surface area (Å²) in [6.07, 6.45) is 5.82. The SMILES string of the molecule is CC(CCC(=O)O)C1CCC2C3C(CC(=O)C12C)C1(C)CC[C@@H](O)C[C@H]1C[C@H]3O. The van der Waals surface area contributed by atoms with Gasteiger partial charge in [-0.2, -0.15) is 0 Å². The maximum Gasteiger partial charge on any atom is 0.303 e. The van der Waals surface area contributed by atoms with Gasteiger partial charge in [0.05, 0.1) is 12.2 Å². The highest BCUT2D eigenvalue weighted by Crippen LogP contribution is 2.67. The summed E-state index contributed by atoms with van der Waals surface area (Å²) in [5.74, 6) is 0.855. The van der Waals surface area contributed by atoms with Gasteiger partial charge < -0.3 is 15.3 Å². The van der Waals surface area contributed by atoms with E-state index in [2.05, 4.69) is 20.8 Å². The fourth-order valence-corrected chi connectivity index (χ4v) is 8.41. The van der Waals surface area contributed by atoms with Crippen molar-refractivity contribution in [1.82, 2.24) is 0 Å². The zero-order valence-corrected chi connectivity index (χ0v) is 18.1. The minimum Gasteiger partial charge on any atom is -0.481 e. The molecule has 4 rings (SSSR count). The molecule has 0 bridgehead atoms. The molecule has 0 radical (unpaired) electrons. The average Bonchev–Trinajstić information content (AvgIpc) is 3.01. The molecule has 4 fully saturated rings. The second-order valence-electron chi connectivity index (χ2n) is 11.2. The molecule has 0 aromatic heterocycles. The van der Waals surface area contributed by atoms with Gasteiger partial charge in [0, 0.05) is 18.3 Å². The predicted octanol–water partition coefficient (Wildman–Crippen LogP) is 3.66. The zero-order valence-electron chi connectivity index (χ0n) is 18.1. The number of carbonyl (C=O) groups is 2. The summed E-state index contributed by atoms with van der Waals surface area (Å²) in [5, 5.41) is 30.5. The molecule has 29 heavy (non-hydrogen) atoms. The summed E-state index contributed by atoms with van der Waals surface area (Å²) >= 11 is 0. The van der Waals surface area contributed by atoms with E-state index >= 15 is 0 Å². The van der Waals surface area contributed by atoms with Crippen LogP contribution >= 0.6 is 0 Å². The number of ketones is 1. The Morgan fingerprint density at radius 1 is 1.14 bits per heavy atom. The molecule has 0 saturated heterocycles. The molecule has 0 spiro atoms. The normalized spacial score (nSPS) is 50.4. The van der Waals surface area contributed by atoms with E-state index in [0.717, 1.165) is 38.5 Å². The molecule has 4 aliphatic carbocycles. The van der Waals surface area contributed by atoms with Crippen molar-refractivity contribution in [3.05, 3.63) is 0 Å². The molecule has 164 valence electrons. The fourth-order valence-electron chi connectivity index (χ4n) is 8.41. The van der Waals surface area contributed by atoms with Crippen LogP contribution in [-0.4, -0.2) is 39.3 Å². The number of aliphatic hydroxyl groups is 2. The summed E-state index contributed by atoms with van der Waals surface area (Å²) in [6.45, 7) is 6.54. The smallest absolute Gasteiger partial charge is 0.303 e. The largest absolute Gasteiger partial charge is 0.481 e. The molecule has 0 heterocycles. The van der Waals surface area contributed by atoms with E-state index in [1.165, 1.54) is 0 Å². The van der Waals surface area contributed by atoms with Crippen LogP contribution < -0.4 is 0 Å². The number of hydrogen-bond acceptors (Lipinski definition) is 4. The average molecular weight is 407 g/mol. The Labute approximate surface area is 174 Å². The van der Waals surface area contributed by atoms with Crippen LogP contribution in [-0.2, 0) is 9.59 Å². The highest BCUT2D eigenvalue weighted by molar-refractivity contribution is 5.87. The Hall–Kier alpha value is -0.940. The van der Waals surface area contributed by atoms with Crippen molar-refractivity contribution in [2.24, 2.45) is 46.3 Å². The summed E-state index contributed by atoms with van der Waals surface area (Å²) in [6, 6.07) is 0. The third kappa shape index (κ3) is 3.18. The number of Topliss-reactive ketones (excluding diaryl/α,β-unsaturated/α-hetero) is 1. The van der Waals surface area contributed by atoms with E-state index in [4.69, 9.17) is 5.11 Å². The number of fused-ring (bicyclic) bond motifs is 5. The van der Waals surface area contributed by atoms with Crippen LogP contribution in [0.15, 0.2) is 0 Å². The molecule has 4 aliphatic rings. The first kappa shape index (κ1) is 21.3. The Kier molecular flexibility index (Phi) is 5.39. The first-order chi connectivity index (χ1) is 13.6. The van der Waals surface area contributed by atoms with Gasteiger partial charge >= 0.3 is 5.97 Å². The third-order valence-corrected chi connectivity index (χ3v) is 10.1. The second kappa shape index (κ2) is 7.33. The Balaban J connectivity index is 1.62. The maximum atomic E-state index is 13.6. The second-order valence-corrected chi connectivity index (χ2v) is 11.2. The van der Waals surface area contributed by atoms with Crippen LogP contribution in [0, 0.1) is 46.3 Å². The minimum absolute atomic E-state index is 0.0348. The van der Waals surface area contributed by atoms with Gasteiger partial charge in [0.1, 0.15) is 5.78 Å². The van der Waals surface area contributed by atoms with E-state index in [1.807, 2.05) is 0 Å². The lowest BCUT2D eigenvalue weighted by molar-refractivity contribution is -0.181. The first-order valence-electron chi connectivity index (χ1n) is 11.7. The molecule has 5 nitrogen and oxygen atoms in total. The number of rotatable bonds is 4. The maximum absolute atomic E-state index is 13.6. The van der Waals surface area contributed by atoms with Gasteiger partial charge in [-0.05, 0) is 85.9 Å². The molecule has 10 atom stereocenters. The third-order valence-electron chi connectivity index (χ3n) is 10.1. The highest BCUT2D eigenvalue weighted by Gasteiger charge is 2.65. The summed E-state index contributed by atoms with van der Waals surface area (Å²) < 4.78 is 0. The van der Waals surface area contributed by atoms with Crippen molar-refractivity contribution in [2.75, 3.05) is 0 Å². The Bertz CT molecular complexity index is 676. The topological polar surface area (TPSA) is 94.8 Å². The molecule has 0 aromatic carbocycles. The molecule has 3 N–H and O–H groups in total. The van der Waals surface area contributed by atoms with Gasteiger partial charge in [-0.25, -0.2) is 0 Å². The lowest BCUT2D eigenvalue weighted by Crippen LogP contribution is -2.61. The van der Waals surface area contributed by atoms with Gasteiger partial charge in [0.25, 0.3) is 0 Å². The summed E-state index contributed by atoms with van der Waals surface area (Å²) in [5.41, 5.74) is -0.398. The van der Waals surface area contributed by atoms with Gasteiger partial charge in [0.2, 0.25) is 0 Å². The molecule has 4 saturated carbocycles. The monoisotopic (exact) mass is 406 g/mol. The summed E-state index contributed by atoms with van der Waals surface area (Å²) in [4.78, 5) is 24.7. The number of carboxylic acid groups (broad SMARTS) is 1. The highest BCUT2D eigenvalue weighted by atomic mass is 16.4. The lowest BCUT2D eigenvalue weighted by Gasteiger charge is -2.61. The standard InChI is InChI=1S/C24H38O5/c1-13(4-7-21(28)29)16-5-6-17-22-18(12-20(27)24(16,17)3)23(2)9-8-15(25)10-14(23)11-19(22)26/h13-19,22,25-26H,4-12H2,1-3H3,(H,28,29)/t13?,14-,15+,16?,17?,18?,19+,22?,23?,24?/m0/s1. The van der Waals surface area contributed by atoms with Crippen molar-refractivity contribution >= 4 is 11.8 Å². The number of aliphatic carboxylic acids is 1. The van der Waals surface area contributed by atoms with Crippen molar-refractivity contribution < 1.29 is 24.9 Å². The summed E-state index contributed by atoms with van der Waals surface area (Å²) in [7, 11) is 0. The van der Waals surface area contributed by atoms with Gasteiger partial charge in [-0.1, -0.05) is 20.8 Å². The quantitative estimate of drug-likeness (QED) is 0.662. The predicted molar refractivity (Wildman–Crippen MR) is 109 cm³/mol. The molecule has 0 aromatic rings. The molecule has 0 aliphatic heterocycles. The lowest BCUT2D eigenvalue weighted by atomic mass is 9.43. The number of carboxylic acids is 1. The van der Waals surface area contributed by atoms with Crippen molar-refractivity contribution in [1.29, 1.82) is 0 Å². The minimum atomic E-state index is -0.771. The van der Waals surface area contributed by atoms with Crippen LogP contribution in [0.2, 0.25) is 0 Å². The molecular formula is C24H38O5. The van der Waals surface area contributed by atoms with Gasteiger partial charge in [-0.3, -0.25) is 9.59 Å². The van der Waals surface area contributed by atoms with Crippen molar-refractivity contribution in [3.63, 3.8) is 0 Å². The molecular weight excluding hydrogens is 368 g/mol. The fraction of sp³-hybridized carbons (Fsp3) is 0.917. The van der Waals surface area contributed by atoms with Crippen LogP contribution in [0.1, 0.15) is 78.6 Å². The van der Waals surface area contributed by atoms with Crippen LogP contribution in [0.5, 0.6) is 0 Å². The molecule has 0 amide bonds. The van der Waals surface area contributed by atoms with Crippen LogP contribution in [0.4, 0.5) is 0 Å². The van der Waals surface area contributed by atoms with Crippen molar-refractivity contribution in [3.8, 4) is 0 Å². The number of carbonyl (C=O) groups excluding carboxylic acids is 1. The van der Waals surface area contributed by atoms with E-state index in [1.54, 1.807) is 0 Å². The van der Waals surface area contributed by atoms with Gasteiger partial charge in [-0.15, -0.1) is 0 Å². The van der Waals surface area contributed by atoms with Crippen LogP contribution in [0.25, 0.3) is 0 Å². The van der Waals surface area contributed by atoms with Crippen LogP contribution in [0.3, 0.4) is 0 Å². The van der Waals surface area contributed by atoms with E-state index in [9.17, 15) is 19.8 Å². The van der Waals surface area contributed by atoms with E-state index < -0.39 is 17.5 Å². The molecule has 7 unspecified atom stereocenters.